The second kappa shape index (κ2) is 5.17. The number of aliphatic hydroxyl groups is 1. The highest BCUT2D eigenvalue weighted by Crippen LogP contribution is 2.38. The Bertz CT molecular complexity index is 345. The molecule has 1 saturated carbocycles. The van der Waals surface area contributed by atoms with Crippen LogP contribution in [0.15, 0.2) is 15.9 Å². The zero-order valence-corrected chi connectivity index (χ0v) is 11.8. The van der Waals surface area contributed by atoms with Gasteiger partial charge in [0.05, 0.1) is 11.7 Å². The zero-order valence-electron chi connectivity index (χ0n) is 9.41. The van der Waals surface area contributed by atoms with Crippen LogP contribution in [0.4, 0.5) is 0 Å². The SMILES string of the molecule is COC1(C(O)Cc2sccc2Br)CCCC1. The van der Waals surface area contributed by atoms with Crippen molar-refractivity contribution < 1.29 is 9.84 Å². The van der Waals surface area contributed by atoms with E-state index in [-0.39, 0.29) is 5.60 Å². The Kier molecular flexibility index (Phi) is 4.06. The van der Waals surface area contributed by atoms with E-state index in [1.54, 1.807) is 18.4 Å². The van der Waals surface area contributed by atoms with Crippen LogP contribution in [0.2, 0.25) is 0 Å². The first kappa shape index (κ1) is 12.6. The van der Waals surface area contributed by atoms with Gasteiger partial charge in [-0.3, -0.25) is 0 Å². The number of halogens is 1. The molecule has 1 aliphatic carbocycles. The molecule has 1 aromatic rings. The smallest absolute Gasteiger partial charge is 0.0939 e. The van der Waals surface area contributed by atoms with Gasteiger partial charge in [-0.05, 0) is 40.2 Å². The van der Waals surface area contributed by atoms with E-state index in [4.69, 9.17) is 4.74 Å². The fourth-order valence-corrected chi connectivity index (χ4v) is 4.03. The molecule has 0 radical (unpaired) electrons. The van der Waals surface area contributed by atoms with Gasteiger partial charge in [-0.1, -0.05) is 12.8 Å². The highest BCUT2D eigenvalue weighted by atomic mass is 79.9. The summed E-state index contributed by atoms with van der Waals surface area (Å²) in [4.78, 5) is 1.20. The quantitative estimate of drug-likeness (QED) is 0.924. The van der Waals surface area contributed by atoms with Crippen LogP contribution in [0.1, 0.15) is 30.6 Å². The molecular formula is C12H17BrO2S. The molecule has 0 saturated heterocycles. The van der Waals surface area contributed by atoms with Gasteiger partial charge in [-0.25, -0.2) is 0 Å². The molecule has 4 heteroatoms. The number of ether oxygens (including phenoxy) is 1. The third-order valence-corrected chi connectivity index (χ3v) is 5.48. The van der Waals surface area contributed by atoms with E-state index in [0.29, 0.717) is 6.42 Å². The molecule has 1 unspecified atom stereocenters. The highest BCUT2D eigenvalue weighted by molar-refractivity contribution is 9.10. The maximum Gasteiger partial charge on any atom is 0.0939 e. The summed E-state index contributed by atoms with van der Waals surface area (Å²) >= 11 is 5.18. The monoisotopic (exact) mass is 304 g/mol. The third-order valence-electron chi connectivity index (χ3n) is 3.53. The fourth-order valence-electron chi connectivity index (χ4n) is 2.48. The van der Waals surface area contributed by atoms with Crippen LogP contribution < -0.4 is 0 Å². The van der Waals surface area contributed by atoms with E-state index in [0.717, 1.165) is 30.2 Å². The minimum atomic E-state index is -0.394. The van der Waals surface area contributed by atoms with Gasteiger partial charge in [-0.2, -0.15) is 0 Å². The molecule has 1 heterocycles. The molecule has 1 atom stereocenters. The molecule has 90 valence electrons. The number of rotatable bonds is 4. The van der Waals surface area contributed by atoms with Crippen LogP contribution in [-0.4, -0.2) is 23.9 Å². The van der Waals surface area contributed by atoms with E-state index < -0.39 is 6.10 Å². The van der Waals surface area contributed by atoms with Gasteiger partial charge in [0, 0.05) is 22.9 Å². The van der Waals surface area contributed by atoms with Gasteiger partial charge in [-0.15, -0.1) is 11.3 Å². The molecule has 2 rings (SSSR count). The highest BCUT2D eigenvalue weighted by Gasteiger charge is 2.40. The third kappa shape index (κ3) is 2.35. The van der Waals surface area contributed by atoms with Crippen LogP contribution in [0.5, 0.6) is 0 Å². The zero-order chi connectivity index (χ0) is 11.6. The lowest BCUT2D eigenvalue weighted by atomic mass is 9.92. The summed E-state index contributed by atoms with van der Waals surface area (Å²) in [5.41, 5.74) is -0.302. The van der Waals surface area contributed by atoms with Gasteiger partial charge in [0.15, 0.2) is 0 Å². The van der Waals surface area contributed by atoms with E-state index in [1.165, 1.54) is 4.88 Å². The van der Waals surface area contributed by atoms with Crippen molar-refractivity contribution in [2.45, 2.75) is 43.8 Å². The van der Waals surface area contributed by atoms with Gasteiger partial charge in [0.2, 0.25) is 0 Å². The number of methoxy groups -OCH3 is 1. The van der Waals surface area contributed by atoms with E-state index in [1.807, 2.05) is 11.4 Å². The van der Waals surface area contributed by atoms with Crippen molar-refractivity contribution in [2.75, 3.05) is 7.11 Å². The maximum atomic E-state index is 10.4. The molecule has 1 aromatic heterocycles. The maximum absolute atomic E-state index is 10.4. The van der Waals surface area contributed by atoms with Gasteiger partial charge in [0.1, 0.15) is 0 Å². The molecule has 1 N–H and O–H groups in total. The van der Waals surface area contributed by atoms with Crippen molar-refractivity contribution in [2.24, 2.45) is 0 Å². The minimum absolute atomic E-state index is 0.302. The summed E-state index contributed by atoms with van der Waals surface area (Å²) in [6, 6.07) is 2.03. The standard InChI is InChI=1S/C12H17BrO2S/c1-15-12(5-2-3-6-12)11(14)8-10-9(13)4-7-16-10/h4,7,11,14H,2-3,5-6,8H2,1H3. The Morgan fingerprint density at radius 2 is 2.25 bits per heavy atom. The molecule has 0 aliphatic heterocycles. The van der Waals surface area contributed by atoms with Crippen molar-refractivity contribution in [1.29, 1.82) is 0 Å². The van der Waals surface area contributed by atoms with Gasteiger partial charge < -0.3 is 9.84 Å². The molecule has 0 aromatic carbocycles. The molecule has 2 nitrogen and oxygen atoms in total. The largest absolute Gasteiger partial charge is 0.390 e. The average Bonchev–Trinajstić information content (AvgIpc) is 2.89. The normalized spacial score (nSPS) is 21.2. The number of aliphatic hydroxyl groups excluding tert-OH is 1. The van der Waals surface area contributed by atoms with E-state index in [2.05, 4.69) is 15.9 Å². The van der Waals surface area contributed by atoms with Crippen LogP contribution in [0.3, 0.4) is 0 Å². The molecule has 1 aliphatic rings. The summed E-state index contributed by atoms with van der Waals surface area (Å²) in [6.45, 7) is 0. The van der Waals surface area contributed by atoms with Crippen LogP contribution >= 0.6 is 27.3 Å². The molecule has 0 amide bonds. The topological polar surface area (TPSA) is 29.5 Å². The van der Waals surface area contributed by atoms with Crippen LogP contribution in [0, 0.1) is 0 Å². The molecule has 1 fully saturated rings. The van der Waals surface area contributed by atoms with Gasteiger partial charge in [0.25, 0.3) is 0 Å². The summed E-state index contributed by atoms with van der Waals surface area (Å²) in [7, 11) is 1.72. The number of thiophene rings is 1. The lowest BCUT2D eigenvalue weighted by Gasteiger charge is -2.32. The second-order valence-corrected chi connectivity index (χ2v) is 6.24. The van der Waals surface area contributed by atoms with Crippen molar-refractivity contribution in [3.05, 3.63) is 20.8 Å². The molecule has 16 heavy (non-hydrogen) atoms. The Labute approximate surface area is 109 Å². The molecule has 0 bridgehead atoms. The lowest BCUT2D eigenvalue weighted by Crippen LogP contribution is -2.42. The summed E-state index contributed by atoms with van der Waals surface area (Å²) in [6.07, 6.45) is 4.58. The first-order valence-corrected chi connectivity index (χ1v) is 7.30. The Balaban J connectivity index is 2.07. The predicted octanol–water partition coefficient (Wildman–Crippen LogP) is 3.37. The van der Waals surface area contributed by atoms with Crippen molar-refractivity contribution >= 4 is 27.3 Å². The van der Waals surface area contributed by atoms with Crippen molar-refractivity contribution in [1.82, 2.24) is 0 Å². The van der Waals surface area contributed by atoms with E-state index in [9.17, 15) is 5.11 Å². The Morgan fingerprint density at radius 3 is 2.75 bits per heavy atom. The van der Waals surface area contributed by atoms with Crippen molar-refractivity contribution in [3.8, 4) is 0 Å². The molecular weight excluding hydrogens is 288 g/mol. The minimum Gasteiger partial charge on any atom is -0.390 e. The average molecular weight is 305 g/mol. The first-order chi connectivity index (χ1) is 7.68. The fraction of sp³-hybridized carbons (Fsp3) is 0.667. The number of hydrogen-bond donors (Lipinski definition) is 1. The predicted molar refractivity (Wildman–Crippen MR) is 69.9 cm³/mol. The summed E-state index contributed by atoms with van der Waals surface area (Å²) in [5, 5.41) is 12.4. The molecule has 0 spiro atoms. The van der Waals surface area contributed by atoms with Crippen molar-refractivity contribution in [3.63, 3.8) is 0 Å². The lowest BCUT2D eigenvalue weighted by molar-refractivity contribution is -0.0968. The van der Waals surface area contributed by atoms with E-state index >= 15 is 0 Å². The van der Waals surface area contributed by atoms with Crippen LogP contribution in [-0.2, 0) is 11.2 Å². The Morgan fingerprint density at radius 1 is 1.56 bits per heavy atom. The Hall–Kier alpha value is 0.100. The second-order valence-electron chi connectivity index (χ2n) is 4.39. The summed E-state index contributed by atoms with van der Waals surface area (Å²) < 4.78 is 6.69. The summed E-state index contributed by atoms with van der Waals surface area (Å²) in [5.74, 6) is 0. The first-order valence-electron chi connectivity index (χ1n) is 5.63. The van der Waals surface area contributed by atoms with Crippen LogP contribution in [0.25, 0.3) is 0 Å². The number of hydrogen-bond acceptors (Lipinski definition) is 3. The van der Waals surface area contributed by atoms with Gasteiger partial charge >= 0.3 is 0 Å².